The first-order chi connectivity index (χ1) is 10.6. The number of hydrogen-bond acceptors (Lipinski definition) is 4. The van der Waals surface area contributed by atoms with Crippen LogP contribution in [0.15, 0.2) is 24.3 Å². The lowest BCUT2D eigenvalue weighted by Gasteiger charge is -2.37. The minimum atomic E-state index is -0.300. The minimum Gasteiger partial charge on any atom is -0.497 e. The van der Waals surface area contributed by atoms with Crippen molar-refractivity contribution in [3.05, 3.63) is 29.8 Å². The average molecular weight is 301 g/mol. The van der Waals surface area contributed by atoms with Crippen molar-refractivity contribution < 1.29 is 9.53 Å². The van der Waals surface area contributed by atoms with E-state index in [9.17, 15) is 10.1 Å². The molecule has 0 spiro atoms. The van der Waals surface area contributed by atoms with Crippen LogP contribution in [0.3, 0.4) is 0 Å². The number of nitriles is 1. The van der Waals surface area contributed by atoms with Gasteiger partial charge in [0, 0.05) is 32.1 Å². The normalized spacial score (nSPS) is 17.1. The Balaban J connectivity index is 2.05. The second-order valence-corrected chi connectivity index (χ2v) is 5.82. The van der Waals surface area contributed by atoms with Crippen LogP contribution in [-0.4, -0.2) is 49.0 Å². The van der Waals surface area contributed by atoms with Crippen LogP contribution in [0.5, 0.6) is 5.75 Å². The topological polar surface area (TPSA) is 56.6 Å². The lowest BCUT2D eigenvalue weighted by atomic mass is 10.0. The van der Waals surface area contributed by atoms with Gasteiger partial charge in [-0.25, -0.2) is 0 Å². The molecule has 0 radical (unpaired) electrons. The third-order valence-corrected chi connectivity index (χ3v) is 4.02. The van der Waals surface area contributed by atoms with Crippen molar-refractivity contribution in [3.8, 4) is 11.8 Å². The molecule has 0 aliphatic carbocycles. The fourth-order valence-electron chi connectivity index (χ4n) is 2.74. The smallest absolute Gasteiger partial charge is 0.225 e. The number of carbonyl (C=O) groups is 1. The summed E-state index contributed by atoms with van der Waals surface area (Å²) >= 11 is 0. The van der Waals surface area contributed by atoms with Gasteiger partial charge in [-0.2, -0.15) is 5.26 Å². The standard InChI is InChI=1S/C17H23N3O2/c1-13(2)17(21)20-9-7-19(8-10-20)16(12-18)14-5-4-6-15(11-14)22-3/h4-6,11,13,16H,7-10H2,1-3H3. The van der Waals surface area contributed by atoms with Gasteiger partial charge in [0.05, 0.1) is 13.2 Å². The SMILES string of the molecule is COc1cccc(C(C#N)N2CCN(C(=O)C(C)C)CC2)c1. The molecule has 5 nitrogen and oxygen atoms in total. The average Bonchev–Trinajstić information content (AvgIpc) is 2.55. The monoisotopic (exact) mass is 301 g/mol. The summed E-state index contributed by atoms with van der Waals surface area (Å²) in [7, 11) is 1.62. The zero-order valence-electron chi connectivity index (χ0n) is 13.5. The second kappa shape index (κ2) is 7.28. The Morgan fingerprint density at radius 2 is 1.95 bits per heavy atom. The molecule has 1 saturated heterocycles. The van der Waals surface area contributed by atoms with Crippen molar-refractivity contribution in [1.29, 1.82) is 5.26 Å². The van der Waals surface area contributed by atoms with Gasteiger partial charge in [-0.15, -0.1) is 0 Å². The van der Waals surface area contributed by atoms with Gasteiger partial charge in [0.25, 0.3) is 0 Å². The van der Waals surface area contributed by atoms with Crippen molar-refractivity contribution in [2.45, 2.75) is 19.9 Å². The van der Waals surface area contributed by atoms with E-state index in [2.05, 4.69) is 11.0 Å². The maximum Gasteiger partial charge on any atom is 0.225 e. The fourth-order valence-corrected chi connectivity index (χ4v) is 2.74. The molecule has 1 aliphatic heterocycles. The van der Waals surface area contributed by atoms with Gasteiger partial charge < -0.3 is 9.64 Å². The lowest BCUT2D eigenvalue weighted by molar-refractivity contribution is -0.136. The summed E-state index contributed by atoms with van der Waals surface area (Å²) in [6.45, 7) is 6.63. The van der Waals surface area contributed by atoms with Gasteiger partial charge in [-0.1, -0.05) is 26.0 Å². The predicted molar refractivity (Wildman–Crippen MR) is 84.3 cm³/mol. The van der Waals surface area contributed by atoms with Crippen molar-refractivity contribution in [3.63, 3.8) is 0 Å². The number of piperazine rings is 1. The molecule has 5 heteroatoms. The van der Waals surface area contributed by atoms with E-state index in [1.807, 2.05) is 43.0 Å². The van der Waals surface area contributed by atoms with E-state index in [1.165, 1.54) is 0 Å². The first kappa shape index (κ1) is 16.3. The van der Waals surface area contributed by atoms with Crippen LogP contribution in [0, 0.1) is 17.2 Å². The van der Waals surface area contributed by atoms with Crippen molar-refractivity contribution >= 4 is 5.91 Å². The van der Waals surface area contributed by atoms with Crippen LogP contribution in [0.25, 0.3) is 0 Å². The molecular formula is C17H23N3O2. The summed E-state index contributed by atoms with van der Waals surface area (Å²) in [5.74, 6) is 0.970. The Kier molecular flexibility index (Phi) is 5.40. The van der Waals surface area contributed by atoms with Gasteiger partial charge in [0.1, 0.15) is 11.8 Å². The molecule has 1 unspecified atom stereocenters. The van der Waals surface area contributed by atoms with Gasteiger partial charge in [-0.3, -0.25) is 9.69 Å². The maximum absolute atomic E-state index is 12.0. The third kappa shape index (κ3) is 3.58. The molecule has 1 aliphatic rings. The number of rotatable bonds is 4. The van der Waals surface area contributed by atoms with Crippen LogP contribution in [-0.2, 0) is 4.79 Å². The number of hydrogen-bond donors (Lipinski definition) is 0. The highest BCUT2D eigenvalue weighted by molar-refractivity contribution is 5.78. The number of amides is 1. The second-order valence-electron chi connectivity index (χ2n) is 5.82. The van der Waals surface area contributed by atoms with Crippen molar-refractivity contribution in [2.75, 3.05) is 33.3 Å². The third-order valence-electron chi connectivity index (χ3n) is 4.02. The van der Waals surface area contributed by atoms with Gasteiger partial charge >= 0.3 is 0 Å². The number of methoxy groups -OCH3 is 1. The highest BCUT2D eigenvalue weighted by Gasteiger charge is 2.27. The molecule has 0 bridgehead atoms. The van der Waals surface area contributed by atoms with Gasteiger partial charge in [0.15, 0.2) is 0 Å². The molecule has 0 aromatic heterocycles. The Morgan fingerprint density at radius 1 is 1.27 bits per heavy atom. The quantitative estimate of drug-likeness (QED) is 0.854. The summed E-state index contributed by atoms with van der Waals surface area (Å²) in [6, 6.07) is 9.69. The Labute approximate surface area is 132 Å². The molecular weight excluding hydrogens is 278 g/mol. The highest BCUT2D eigenvalue weighted by Crippen LogP contribution is 2.25. The van der Waals surface area contributed by atoms with Gasteiger partial charge in [0.2, 0.25) is 5.91 Å². The fraction of sp³-hybridized carbons (Fsp3) is 0.529. The summed E-state index contributed by atoms with van der Waals surface area (Å²) in [6.07, 6.45) is 0. The predicted octanol–water partition coefficient (Wildman–Crippen LogP) is 2.06. The van der Waals surface area contributed by atoms with E-state index in [-0.39, 0.29) is 17.9 Å². The van der Waals surface area contributed by atoms with E-state index in [0.717, 1.165) is 11.3 Å². The van der Waals surface area contributed by atoms with Crippen LogP contribution in [0.4, 0.5) is 0 Å². The van der Waals surface area contributed by atoms with Crippen molar-refractivity contribution in [2.24, 2.45) is 5.92 Å². The minimum absolute atomic E-state index is 0.0247. The van der Waals surface area contributed by atoms with Crippen LogP contribution >= 0.6 is 0 Å². The summed E-state index contributed by atoms with van der Waals surface area (Å²) in [4.78, 5) is 16.0. The van der Waals surface area contributed by atoms with E-state index >= 15 is 0 Å². The van der Waals surface area contributed by atoms with E-state index in [1.54, 1.807) is 7.11 Å². The largest absolute Gasteiger partial charge is 0.497 e. The highest BCUT2D eigenvalue weighted by atomic mass is 16.5. The van der Waals surface area contributed by atoms with Crippen LogP contribution in [0.1, 0.15) is 25.5 Å². The molecule has 1 heterocycles. The molecule has 118 valence electrons. The zero-order chi connectivity index (χ0) is 16.1. The van der Waals surface area contributed by atoms with E-state index in [4.69, 9.17) is 4.74 Å². The maximum atomic E-state index is 12.0. The zero-order valence-corrected chi connectivity index (χ0v) is 13.5. The molecule has 22 heavy (non-hydrogen) atoms. The molecule has 0 saturated carbocycles. The summed E-state index contributed by atoms with van der Waals surface area (Å²) in [5, 5.41) is 9.55. The molecule has 0 N–H and O–H groups in total. The number of benzene rings is 1. The van der Waals surface area contributed by atoms with Crippen LogP contribution < -0.4 is 4.74 Å². The molecule has 1 fully saturated rings. The molecule has 1 aromatic rings. The molecule has 2 rings (SSSR count). The molecule has 1 amide bonds. The molecule has 1 aromatic carbocycles. The summed E-state index contributed by atoms with van der Waals surface area (Å²) in [5.41, 5.74) is 0.936. The van der Waals surface area contributed by atoms with Crippen molar-refractivity contribution in [1.82, 2.24) is 9.80 Å². The number of carbonyl (C=O) groups excluding carboxylic acids is 1. The summed E-state index contributed by atoms with van der Waals surface area (Å²) < 4.78 is 5.23. The van der Waals surface area contributed by atoms with Gasteiger partial charge in [-0.05, 0) is 17.7 Å². The first-order valence-electron chi connectivity index (χ1n) is 7.63. The lowest BCUT2D eigenvalue weighted by Crippen LogP contribution is -2.50. The first-order valence-corrected chi connectivity index (χ1v) is 7.63. The van der Waals surface area contributed by atoms with Crippen LogP contribution in [0.2, 0.25) is 0 Å². The van der Waals surface area contributed by atoms with E-state index < -0.39 is 0 Å². The molecule has 1 atom stereocenters. The number of nitrogens with zero attached hydrogens (tertiary/aromatic N) is 3. The number of ether oxygens (including phenoxy) is 1. The Morgan fingerprint density at radius 3 is 2.50 bits per heavy atom. The van der Waals surface area contributed by atoms with E-state index in [0.29, 0.717) is 26.2 Å². The Bertz CT molecular complexity index is 557. The Hall–Kier alpha value is -2.06.